The lowest BCUT2D eigenvalue weighted by Gasteiger charge is -2.08. The molecule has 0 aliphatic rings. The largest absolute Gasteiger partial charge is 0.462 e. The monoisotopic (exact) mass is 438 g/mol. The standard InChI is InChI=1S/C18H22N4O7S/c1-5-8-29-17(24)12-10(4)14(18(25)28-7-3)30-16(12)20-15(23)13-11(22(26)27)9-19-21(13)6-2/h9H,5-8H2,1-4H3,(H,20,23). The Kier molecular flexibility index (Phi) is 7.64. The molecule has 0 spiro atoms. The summed E-state index contributed by atoms with van der Waals surface area (Å²) in [5, 5.41) is 17.6. The molecule has 2 aromatic heterocycles. The zero-order valence-electron chi connectivity index (χ0n) is 17.0. The lowest BCUT2D eigenvalue weighted by molar-refractivity contribution is -0.385. The SMILES string of the molecule is CCCOC(=O)c1c(NC(=O)c2c([N+](=O)[O-])cnn2CC)sc(C(=O)OCC)c1C. The summed E-state index contributed by atoms with van der Waals surface area (Å²) in [5.74, 6) is -2.19. The van der Waals surface area contributed by atoms with E-state index in [-0.39, 0.29) is 40.9 Å². The van der Waals surface area contributed by atoms with Crippen LogP contribution in [0.15, 0.2) is 6.20 Å². The van der Waals surface area contributed by atoms with Crippen molar-refractivity contribution in [1.82, 2.24) is 9.78 Å². The molecule has 0 aromatic carbocycles. The number of rotatable bonds is 9. The Balaban J connectivity index is 2.50. The van der Waals surface area contributed by atoms with Crippen LogP contribution in [0, 0.1) is 17.0 Å². The van der Waals surface area contributed by atoms with Crippen LogP contribution >= 0.6 is 11.3 Å². The highest BCUT2D eigenvalue weighted by Crippen LogP contribution is 2.35. The highest BCUT2D eigenvalue weighted by Gasteiger charge is 2.31. The van der Waals surface area contributed by atoms with Gasteiger partial charge in [0.2, 0.25) is 5.69 Å². The number of ether oxygens (including phenoxy) is 2. The Morgan fingerprint density at radius 2 is 1.93 bits per heavy atom. The second kappa shape index (κ2) is 9.96. The van der Waals surface area contributed by atoms with Crippen molar-refractivity contribution in [2.75, 3.05) is 18.5 Å². The number of carbonyl (C=O) groups is 3. The highest BCUT2D eigenvalue weighted by atomic mass is 32.1. The number of nitrogens with one attached hydrogen (secondary N) is 1. The van der Waals surface area contributed by atoms with Crippen LogP contribution in [0.1, 0.15) is 63.3 Å². The first kappa shape index (κ1) is 23.0. The summed E-state index contributed by atoms with van der Waals surface area (Å²) in [6.45, 7) is 7.20. The smallest absolute Gasteiger partial charge is 0.348 e. The number of aromatic nitrogens is 2. The van der Waals surface area contributed by atoms with E-state index in [9.17, 15) is 24.5 Å². The van der Waals surface area contributed by atoms with Gasteiger partial charge in [0.15, 0.2) is 0 Å². The minimum Gasteiger partial charge on any atom is -0.462 e. The molecule has 2 heterocycles. The van der Waals surface area contributed by atoms with E-state index < -0.39 is 28.5 Å². The van der Waals surface area contributed by atoms with Gasteiger partial charge in [-0.1, -0.05) is 6.92 Å². The molecule has 0 saturated carbocycles. The third-order valence-corrected chi connectivity index (χ3v) is 5.19. The van der Waals surface area contributed by atoms with E-state index >= 15 is 0 Å². The fourth-order valence-corrected chi connectivity index (χ4v) is 3.73. The van der Waals surface area contributed by atoms with E-state index in [1.807, 2.05) is 6.92 Å². The van der Waals surface area contributed by atoms with Gasteiger partial charge >= 0.3 is 17.6 Å². The molecule has 2 rings (SSSR count). The lowest BCUT2D eigenvalue weighted by Crippen LogP contribution is -2.20. The van der Waals surface area contributed by atoms with Gasteiger partial charge in [-0.2, -0.15) is 5.10 Å². The van der Waals surface area contributed by atoms with Gasteiger partial charge in [0.05, 0.1) is 23.7 Å². The van der Waals surface area contributed by atoms with Crippen molar-refractivity contribution in [3.05, 3.63) is 38.0 Å². The zero-order valence-corrected chi connectivity index (χ0v) is 17.8. The van der Waals surface area contributed by atoms with Crippen molar-refractivity contribution in [3.63, 3.8) is 0 Å². The van der Waals surface area contributed by atoms with Gasteiger partial charge in [-0.05, 0) is 32.8 Å². The molecule has 30 heavy (non-hydrogen) atoms. The quantitative estimate of drug-likeness (QED) is 0.357. The Bertz CT molecular complexity index is 980. The zero-order chi connectivity index (χ0) is 22.4. The van der Waals surface area contributed by atoms with E-state index in [1.54, 1.807) is 20.8 Å². The van der Waals surface area contributed by atoms with E-state index in [0.29, 0.717) is 12.0 Å². The molecule has 0 fully saturated rings. The number of thiophene rings is 1. The predicted octanol–water partition coefficient (Wildman–Crippen LogP) is 3.18. The van der Waals surface area contributed by atoms with E-state index in [1.165, 1.54) is 4.68 Å². The molecular formula is C18H22N4O7S. The number of amides is 1. The molecule has 12 heteroatoms. The van der Waals surface area contributed by atoms with Crippen LogP contribution in [0.25, 0.3) is 0 Å². The van der Waals surface area contributed by atoms with Crippen LogP contribution in [0.2, 0.25) is 0 Å². The summed E-state index contributed by atoms with van der Waals surface area (Å²) < 4.78 is 11.4. The molecule has 11 nitrogen and oxygen atoms in total. The molecule has 0 aliphatic carbocycles. The Morgan fingerprint density at radius 3 is 2.50 bits per heavy atom. The maximum Gasteiger partial charge on any atom is 0.348 e. The van der Waals surface area contributed by atoms with Crippen LogP contribution in [-0.2, 0) is 16.0 Å². The molecule has 1 N–H and O–H groups in total. The Morgan fingerprint density at radius 1 is 1.23 bits per heavy atom. The summed E-state index contributed by atoms with van der Waals surface area (Å²) in [6.07, 6.45) is 1.57. The van der Waals surface area contributed by atoms with Gasteiger partial charge in [-0.15, -0.1) is 11.3 Å². The molecule has 0 aliphatic heterocycles. The maximum atomic E-state index is 12.8. The van der Waals surface area contributed by atoms with Crippen molar-refractivity contribution in [3.8, 4) is 0 Å². The van der Waals surface area contributed by atoms with Gasteiger partial charge in [-0.25, -0.2) is 9.59 Å². The molecule has 2 aromatic rings. The third kappa shape index (κ3) is 4.64. The first-order chi connectivity index (χ1) is 14.3. The first-order valence-corrected chi connectivity index (χ1v) is 10.1. The van der Waals surface area contributed by atoms with Gasteiger partial charge in [0.1, 0.15) is 16.1 Å². The fraction of sp³-hybridized carbons (Fsp3) is 0.444. The summed E-state index contributed by atoms with van der Waals surface area (Å²) in [6, 6.07) is 0. The second-order valence-electron chi connectivity index (χ2n) is 6.02. The number of nitrogens with zero attached hydrogens (tertiary/aromatic N) is 3. The second-order valence-corrected chi connectivity index (χ2v) is 7.04. The van der Waals surface area contributed by atoms with Crippen LogP contribution in [0.3, 0.4) is 0 Å². The fourth-order valence-electron chi connectivity index (χ4n) is 2.65. The normalized spacial score (nSPS) is 10.5. The number of aryl methyl sites for hydroxylation is 1. The molecular weight excluding hydrogens is 416 g/mol. The maximum absolute atomic E-state index is 12.8. The van der Waals surface area contributed by atoms with Crippen molar-refractivity contribution in [1.29, 1.82) is 0 Å². The molecule has 0 saturated heterocycles. The van der Waals surface area contributed by atoms with Crippen molar-refractivity contribution in [2.24, 2.45) is 0 Å². The average molecular weight is 438 g/mol. The average Bonchev–Trinajstić information content (AvgIpc) is 3.27. The predicted molar refractivity (Wildman–Crippen MR) is 108 cm³/mol. The van der Waals surface area contributed by atoms with Gasteiger partial charge in [0.25, 0.3) is 5.91 Å². The van der Waals surface area contributed by atoms with Gasteiger partial charge in [-0.3, -0.25) is 19.6 Å². The number of esters is 2. The van der Waals surface area contributed by atoms with Crippen molar-refractivity contribution in [2.45, 2.75) is 40.7 Å². The van der Waals surface area contributed by atoms with Crippen LogP contribution in [0.4, 0.5) is 10.7 Å². The Labute approximate surface area is 176 Å². The van der Waals surface area contributed by atoms with E-state index in [2.05, 4.69) is 10.4 Å². The van der Waals surface area contributed by atoms with Crippen molar-refractivity contribution >= 4 is 39.9 Å². The number of anilines is 1. The van der Waals surface area contributed by atoms with Crippen molar-refractivity contribution < 1.29 is 28.8 Å². The minimum atomic E-state index is -0.831. The van der Waals surface area contributed by atoms with Crippen LogP contribution < -0.4 is 5.32 Å². The summed E-state index contributed by atoms with van der Waals surface area (Å²) in [5.41, 5.74) is -0.425. The molecule has 0 bridgehead atoms. The van der Waals surface area contributed by atoms with E-state index in [0.717, 1.165) is 17.5 Å². The number of carbonyl (C=O) groups excluding carboxylic acids is 3. The lowest BCUT2D eigenvalue weighted by atomic mass is 10.1. The highest BCUT2D eigenvalue weighted by molar-refractivity contribution is 7.18. The number of hydrogen-bond donors (Lipinski definition) is 1. The Hall–Kier alpha value is -3.28. The number of nitro groups is 1. The third-order valence-electron chi connectivity index (χ3n) is 4.01. The molecule has 1 amide bonds. The molecule has 0 atom stereocenters. The van der Waals surface area contributed by atoms with E-state index in [4.69, 9.17) is 9.47 Å². The first-order valence-electron chi connectivity index (χ1n) is 9.25. The van der Waals surface area contributed by atoms with Crippen LogP contribution in [0.5, 0.6) is 0 Å². The van der Waals surface area contributed by atoms with Gasteiger partial charge < -0.3 is 14.8 Å². The van der Waals surface area contributed by atoms with Crippen LogP contribution in [-0.4, -0.2) is 45.8 Å². The van der Waals surface area contributed by atoms with Gasteiger partial charge in [0, 0.05) is 6.54 Å². The summed E-state index contributed by atoms with van der Waals surface area (Å²) in [4.78, 5) is 48.3. The number of hydrogen-bond acceptors (Lipinski definition) is 9. The summed E-state index contributed by atoms with van der Waals surface area (Å²) in [7, 11) is 0. The molecule has 0 radical (unpaired) electrons. The minimum absolute atomic E-state index is 0.00932. The molecule has 162 valence electrons. The topological polar surface area (TPSA) is 143 Å². The molecule has 0 unspecified atom stereocenters. The summed E-state index contributed by atoms with van der Waals surface area (Å²) >= 11 is 0.842.